The van der Waals surface area contributed by atoms with Crippen LogP contribution in [0, 0.1) is 11.8 Å². The van der Waals surface area contributed by atoms with E-state index in [1.165, 1.54) is 19.4 Å². The molecule has 0 aromatic rings. The quantitative estimate of drug-likeness (QED) is 0.717. The molecule has 2 fully saturated rings. The van der Waals surface area contributed by atoms with Crippen LogP contribution in [-0.4, -0.2) is 43.2 Å². The molecular weight excluding hydrogens is 186 g/mol. The smallest absolute Gasteiger partial charge is 0.0447 e. The lowest BCUT2D eigenvalue weighted by atomic mass is 9.96. The van der Waals surface area contributed by atoms with Crippen LogP contribution < -0.4 is 11.1 Å². The Kier molecular flexibility index (Phi) is 3.06. The zero-order valence-corrected chi connectivity index (χ0v) is 10.3. The summed E-state index contributed by atoms with van der Waals surface area (Å²) in [7, 11) is 2.20. The Bertz CT molecular complexity index is 219. The molecule has 4 atom stereocenters. The van der Waals surface area contributed by atoms with E-state index in [2.05, 4.69) is 31.1 Å². The van der Waals surface area contributed by atoms with E-state index >= 15 is 0 Å². The van der Waals surface area contributed by atoms with Crippen LogP contribution in [0.5, 0.6) is 0 Å². The molecule has 0 aromatic heterocycles. The minimum atomic E-state index is 0.191. The molecule has 1 saturated heterocycles. The summed E-state index contributed by atoms with van der Waals surface area (Å²) < 4.78 is 0. The van der Waals surface area contributed by atoms with Gasteiger partial charge in [-0.05, 0) is 45.2 Å². The summed E-state index contributed by atoms with van der Waals surface area (Å²) in [5.74, 6) is 1.85. The fourth-order valence-corrected chi connectivity index (χ4v) is 2.80. The number of nitrogens with zero attached hydrogens (tertiary/aromatic N) is 1. The molecule has 1 heterocycles. The van der Waals surface area contributed by atoms with Gasteiger partial charge in [-0.2, -0.15) is 0 Å². The maximum atomic E-state index is 5.95. The van der Waals surface area contributed by atoms with E-state index in [0.717, 1.165) is 24.9 Å². The molecule has 0 amide bonds. The van der Waals surface area contributed by atoms with Gasteiger partial charge in [0.05, 0.1) is 0 Å². The van der Waals surface area contributed by atoms with Gasteiger partial charge in [0.25, 0.3) is 0 Å². The maximum Gasteiger partial charge on any atom is 0.0447 e. The van der Waals surface area contributed by atoms with E-state index in [4.69, 9.17) is 5.73 Å². The van der Waals surface area contributed by atoms with E-state index in [-0.39, 0.29) is 5.54 Å². The van der Waals surface area contributed by atoms with Crippen molar-refractivity contribution in [3.8, 4) is 0 Å². The zero-order chi connectivity index (χ0) is 11.1. The average Bonchev–Trinajstić information content (AvgIpc) is 2.83. The van der Waals surface area contributed by atoms with Crippen LogP contribution >= 0.6 is 0 Å². The van der Waals surface area contributed by atoms with Crippen LogP contribution in [0.4, 0.5) is 0 Å². The first-order valence-corrected chi connectivity index (χ1v) is 6.22. The number of rotatable bonds is 4. The highest BCUT2D eigenvalue weighted by molar-refractivity contribution is 5.02. The van der Waals surface area contributed by atoms with Crippen LogP contribution in [0.15, 0.2) is 0 Å². The molecule has 88 valence electrons. The van der Waals surface area contributed by atoms with Gasteiger partial charge >= 0.3 is 0 Å². The number of likely N-dealkylation sites (tertiary alicyclic amines) is 1. The highest BCUT2D eigenvalue weighted by Gasteiger charge is 2.41. The maximum absolute atomic E-state index is 5.95. The largest absolute Gasteiger partial charge is 0.329 e. The molecule has 0 aromatic carbocycles. The lowest BCUT2D eigenvalue weighted by molar-refractivity contribution is 0.297. The van der Waals surface area contributed by atoms with Crippen molar-refractivity contribution < 1.29 is 0 Å². The molecule has 1 saturated carbocycles. The monoisotopic (exact) mass is 211 g/mol. The van der Waals surface area contributed by atoms with Crippen molar-refractivity contribution in [2.45, 2.75) is 38.3 Å². The Morgan fingerprint density at radius 2 is 2.13 bits per heavy atom. The predicted molar refractivity (Wildman–Crippen MR) is 63.8 cm³/mol. The molecule has 4 unspecified atom stereocenters. The number of hydrogen-bond donors (Lipinski definition) is 2. The van der Waals surface area contributed by atoms with Gasteiger partial charge in [0, 0.05) is 24.7 Å². The van der Waals surface area contributed by atoms with E-state index in [0.29, 0.717) is 6.04 Å². The summed E-state index contributed by atoms with van der Waals surface area (Å²) in [6, 6.07) is 0.665. The van der Waals surface area contributed by atoms with E-state index in [1.807, 2.05) is 0 Å². The first kappa shape index (κ1) is 11.4. The molecule has 3 nitrogen and oxygen atoms in total. The number of likely N-dealkylation sites (N-methyl/N-ethyl adjacent to an activating group) is 1. The fraction of sp³-hybridized carbons (Fsp3) is 1.00. The van der Waals surface area contributed by atoms with Crippen molar-refractivity contribution in [1.82, 2.24) is 10.2 Å². The number of nitrogens with two attached hydrogens (primary N) is 1. The highest BCUT2D eigenvalue weighted by Crippen LogP contribution is 2.37. The second-order valence-corrected chi connectivity index (χ2v) is 5.81. The molecule has 2 rings (SSSR count). The Labute approximate surface area is 93.4 Å². The van der Waals surface area contributed by atoms with Crippen molar-refractivity contribution in [2.75, 3.05) is 26.7 Å². The van der Waals surface area contributed by atoms with Gasteiger partial charge in [0.1, 0.15) is 0 Å². The standard InChI is InChI=1S/C12H25N3/c1-9-4-11(9)6-14-12(7-13)5-10(2)15(3)8-12/h9-11,14H,4-8,13H2,1-3H3. The van der Waals surface area contributed by atoms with Gasteiger partial charge in [-0.15, -0.1) is 0 Å². The highest BCUT2D eigenvalue weighted by atomic mass is 15.2. The summed E-state index contributed by atoms with van der Waals surface area (Å²) in [5.41, 5.74) is 6.14. The Morgan fingerprint density at radius 1 is 1.47 bits per heavy atom. The van der Waals surface area contributed by atoms with E-state index < -0.39 is 0 Å². The summed E-state index contributed by atoms with van der Waals surface area (Å²) in [5, 5.41) is 3.73. The SMILES string of the molecule is CC1CC1CNC1(CN)CC(C)N(C)C1. The first-order chi connectivity index (χ1) is 7.06. The molecule has 1 aliphatic carbocycles. The van der Waals surface area contributed by atoms with Crippen molar-refractivity contribution in [3.05, 3.63) is 0 Å². The summed E-state index contributed by atoms with van der Waals surface area (Å²) >= 11 is 0. The van der Waals surface area contributed by atoms with Crippen LogP contribution in [-0.2, 0) is 0 Å². The Morgan fingerprint density at radius 3 is 2.53 bits per heavy atom. The minimum Gasteiger partial charge on any atom is -0.329 e. The van der Waals surface area contributed by atoms with Gasteiger partial charge in [-0.3, -0.25) is 0 Å². The molecule has 3 N–H and O–H groups in total. The molecule has 2 aliphatic rings. The van der Waals surface area contributed by atoms with Crippen LogP contribution in [0.1, 0.15) is 26.7 Å². The minimum absolute atomic E-state index is 0.191. The lowest BCUT2D eigenvalue weighted by Crippen LogP contribution is -2.53. The van der Waals surface area contributed by atoms with Crippen LogP contribution in [0.2, 0.25) is 0 Å². The first-order valence-electron chi connectivity index (χ1n) is 6.22. The van der Waals surface area contributed by atoms with Gasteiger partial charge in [0.15, 0.2) is 0 Å². The van der Waals surface area contributed by atoms with Crippen molar-refractivity contribution in [1.29, 1.82) is 0 Å². The zero-order valence-electron chi connectivity index (χ0n) is 10.3. The van der Waals surface area contributed by atoms with Gasteiger partial charge in [-0.1, -0.05) is 6.92 Å². The van der Waals surface area contributed by atoms with Crippen LogP contribution in [0.25, 0.3) is 0 Å². The summed E-state index contributed by atoms with van der Waals surface area (Å²) in [6.45, 7) is 7.66. The van der Waals surface area contributed by atoms with Gasteiger partial charge < -0.3 is 16.0 Å². The molecule has 15 heavy (non-hydrogen) atoms. The molecule has 1 aliphatic heterocycles. The normalized spacial score (nSPS) is 46.0. The summed E-state index contributed by atoms with van der Waals surface area (Å²) in [6.07, 6.45) is 2.60. The number of hydrogen-bond acceptors (Lipinski definition) is 3. The summed E-state index contributed by atoms with van der Waals surface area (Å²) in [4.78, 5) is 2.41. The molecule has 0 bridgehead atoms. The second-order valence-electron chi connectivity index (χ2n) is 5.81. The van der Waals surface area contributed by atoms with E-state index in [9.17, 15) is 0 Å². The van der Waals surface area contributed by atoms with Crippen molar-refractivity contribution >= 4 is 0 Å². The van der Waals surface area contributed by atoms with Gasteiger partial charge in [-0.25, -0.2) is 0 Å². The topological polar surface area (TPSA) is 41.3 Å². The third-order valence-electron chi connectivity index (χ3n) is 4.40. The third-order valence-corrected chi connectivity index (χ3v) is 4.40. The molecular formula is C12H25N3. The van der Waals surface area contributed by atoms with E-state index in [1.54, 1.807) is 0 Å². The van der Waals surface area contributed by atoms with Crippen molar-refractivity contribution in [3.63, 3.8) is 0 Å². The molecule has 0 spiro atoms. The Balaban J connectivity index is 1.86. The lowest BCUT2D eigenvalue weighted by Gasteiger charge is -2.29. The average molecular weight is 211 g/mol. The fourth-order valence-electron chi connectivity index (χ4n) is 2.80. The number of nitrogens with one attached hydrogen (secondary N) is 1. The Hall–Kier alpha value is -0.120. The second kappa shape index (κ2) is 4.04. The van der Waals surface area contributed by atoms with Crippen molar-refractivity contribution in [2.24, 2.45) is 17.6 Å². The van der Waals surface area contributed by atoms with Gasteiger partial charge in [0.2, 0.25) is 0 Å². The van der Waals surface area contributed by atoms with Crippen LogP contribution in [0.3, 0.4) is 0 Å². The third kappa shape index (κ3) is 2.35. The predicted octanol–water partition coefficient (Wildman–Crippen LogP) is 0.654. The molecule has 0 radical (unpaired) electrons. The molecule has 3 heteroatoms.